The van der Waals surface area contributed by atoms with Gasteiger partial charge in [-0.3, -0.25) is 14.4 Å². The number of ketones is 1. The molecule has 5 nitrogen and oxygen atoms in total. The molecule has 1 aromatic heterocycles. The van der Waals surface area contributed by atoms with E-state index in [1.54, 1.807) is 6.20 Å². The van der Waals surface area contributed by atoms with Crippen molar-refractivity contribution in [3.63, 3.8) is 0 Å². The zero-order valence-corrected chi connectivity index (χ0v) is 12.0. The van der Waals surface area contributed by atoms with Gasteiger partial charge >= 0.3 is 0 Å². The topological polar surface area (TPSA) is 47.4 Å². The highest BCUT2D eigenvalue weighted by Gasteiger charge is 2.27. The number of carbonyl (C=O) groups is 1. The van der Waals surface area contributed by atoms with E-state index < -0.39 is 0 Å². The highest BCUT2D eigenvalue weighted by Crippen LogP contribution is 2.12. The number of hydrogen-bond donors (Lipinski definition) is 0. The van der Waals surface area contributed by atoms with Crippen molar-refractivity contribution < 1.29 is 9.53 Å². The molecule has 0 amide bonds. The second-order valence-electron chi connectivity index (χ2n) is 5.30. The van der Waals surface area contributed by atoms with Crippen LogP contribution in [0.5, 0.6) is 0 Å². The van der Waals surface area contributed by atoms with Crippen LogP contribution < -0.4 is 0 Å². The molecule has 1 atom stereocenters. The van der Waals surface area contributed by atoms with Gasteiger partial charge < -0.3 is 4.74 Å². The van der Waals surface area contributed by atoms with Gasteiger partial charge in [-0.2, -0.15) is 5.10 Å². The molecule has 0 bridgehead atoms. The van der Waals surface area contributed by atoms with Crippen LogP contribution in [0.3, 0.4) is 0 Å². The lowest BCUT2D eigenvalue weighted by atomic mass is 10.1. The molecule has 5 heteroatoms. The fourth-order valence-corrected chi connectivity index (χ4v) is 2.32. The first-order valence-electron chi connectivity index (χ1n) is 6.99. The van der Waals surface area contributed by atoms with Crippen LogP contribution in [0.4, 0.5) is 0 Å². The summed E-state index contributed by atoms with van der Waals surface area (Å²) < 4.78 is 7.45. The third-order valence-electron chi connectivity index (χ3n) is 3.58. The van der Waals surface area contributed by atoms with Gasteiger partial charge in [0.1, 0.15) is 6.10 Å². The minimum atomic E-state index is -0.291. The zero-order valence-electron chi connectivity index (χ0n) is 12.0. The fourth-order valence-electron chi connectivity index (χ4n) is 2.32. The number of Topliss-reactive ketones (excluding diaryl/α,β-unsaturated/α-hetero) is 1. The predicted molar refractivity (Wildman–Crippen MR) is 73.1 cm³/mol. The Balaban J connectivity index is 1.92. The molecule has 0 radical (unpaired) electrons. The van der Waals surface area contributed by atoms with Gasteiger partial charge in [-0.25, -0.2) is 0 Å². The number of aromatic nitrogens is 2. The minimum Gasteiger partial charge on any atom is -0.368 e. The first-order valence-corrected chi connectivity index (χ1v) is 6.99. The van der Waals surface area contributed by atoms with E-state index in [0.29, 0.717) is 25.6 Å². The molecule has 1 aromatic rings. The van der Waals surface area contributed by atoms with Gasteiger partial charge in [0.25, 0.3) is 0 Å². The lowest BCUT2D eigenvalue weighted by molar-refractivity contribution is -0.136. The molecule has 1 fully saturated rings. The van der Waals surface area contributed by atoms with Gasteiger partial charge in [-0.05, 0) is 26.3 Å². The largest absolute Gasteiger partial charge is 0.368 e. The van der Waals surface area contributed by atoms with E-state index in [2.05, 4.69) is 23.8 Å². The van der Waals surface area contributed by atoms with Crippen molar-refractivity contribution in [2.45, 2.75) is 45.9 Å². The van der Waals surface area contributed by atoms with Crippen molar-refractivity contribution in [2.24, 2.45) is 0 Å². The van der Waals surface area contributed by atoms with E-state index in [-0.39, 0.29) is 11.9 Å². The van der Waals surface area contributed by atoms with Crippen LogP contribution in [0.15, 0.2) is 12.4 Å². The predicted octanol–water partition coefficient (Wildman–Crippen LogP) is 1.12. The first-order chi connectivity index (χ1) is 9.10. The number of morpholine rings is 1. The maximum absolute atomic E-state index is 12.2. The molecule has 0 N–H and O–H groups in total. The second-order valence-corrected chi connectivity index (χ2v) is 5.30. The molecule has 106 valence electrons. The Morgan fingerprint density at radius 1 is 1.58 bits per heavy atom. The summed E-state index contributed by atoms with van der Waals surface area (Å²) in [7, 11) is 0. The quantitative estimate of drug-likeness (QED) is 0.800. The van der Waals surface area contributed by atoms with Crippen molar-refractivity contribution in [3.8, 4) is 0 Å². The van der Waals surface area contributed by atoms with Crippen molar-refractivity contribution in [1.82, 2.24) is 14.7 Å². The molecule has 2 heterocycles. The Morgan fingerprint density at radius 2 is 2.37 bits per heavy atom. The van der Waals surface area contributed by atoms with E-state index in [1.165, 1.54) is 0 Å². The van der Waals surface area contributed by atoms with Crippen LogP contribution in [0, 0.1) is 0 Å². The Morgan fingerprint density at radius 3 is 3.00 bits per heavy atom. The summed E-state index contributed by atoms with van der Waals surface area (Å²) in [5.41, 5.74) is 0.970. The lowest BCUT2D eigenvalue weighted by Gasteiger charge is -2.34. The Bertz CT molecular complexity index is 428. The highest BCUT2D eigenvalue weighted by atomic mass is 16.5. The van der Waals surface area contributed by atoms with Crippen LogP contribution in [0.25, 0.3) is 0 Å². The number of hydrogen-bond acceptors (Lipinski definition) is 4. The number of carbonyl (C=O) groups excluding carboxylic acids is 1. The van der Waals surface area contributed by atoms with E-state index in [0.717, 1.165) is 18.7 Å². The Kier molecular flexibility index (Phi) is 4.71. The Labute approximate surface area is 114 Å². The van der Waals surface area contributed by atoms with Gasteiger partial charge in [0.05, 0.1) is 12.8 Å². The normalized spacial score (nSPS) is 20.9. The van der Waals surface area contributed by atoms with Crippen molar-refractivity contribution in [3.05, 3.63) is 18.0 Å². The second kappa shape index (κ2) is 6.30. The van der Waals surface area contributed by atoms with Crippen LogP contribution >= 0.6 is 0 Å². The van der Waals surface area contributed by atoms with E-state index in [9.17, 15) is 4.79 Å². The van der Waals surface area contributed by atoms with Gasteiger partial charge in [0, 0.05) is 38.3 Å². The first kappa shape index (κ1) is 14.2. The molecule has 19 heavy (non-hydrogen) atoms. The summed E-state index contributed by atoms with van der Waals surface area (Å²) in [6, 6.07) is 0.460. The molecule has 2 rings (SSSR count). The number of nitrogens with zero attached hydrogens (tertiary/aromatic N) is 3. The van der Waals surface area contributed by atoms with Crippen LogP contribution in [0.1, 0.15) is 26.3 Å². The third kappa shape index (κ3) is 3.64. The highest BCUT2D eigenvalue weighted by molar-refractivity contribution is 5.85. The standard InChI is InChI=1S/C14H23N3O2/c1-4-17-9-12(8-15-17)7-13(18)14-10-16(11(2)3)5-6-19-14/h8-9,11,14H,4-7,10H2,1-3H3. The Hall–Kier alpha value is -1.20. The molecule has 0 aliphatic carbocycles. The van der Waals surface area contributed by atoms with E-state index in [4.69, 9.17) is 4.74 Å². The van der Waals surface area contributed by atoms with Crippen molar-refractivity contribution >= 4 is 5.78 Å². The smallest absolute Gasteiger partial charge is 0.167 e. The lowest BCUT2D eigenvalue weighted by Crippen LogP contribution is -2.49. The summed E-state index contributed by atoms with van der Waals surface area (Å²) >= 11 is 0. The van der Waals surface area contributed by atoms with Crippen LogP contribution in [-0.4, -0.2) is 52.3 Å². The van der Waals surface area contributed by atoms with Gasteiger partial charge in [0.15, 0.2) is 5.78 Å². The summed E-state index contributed by atoms with van der Waals surface area (Å²) in [6.45, 7) is 9.42. The van der Waals surface area contributed by atoms with Gasteiger partial charge in [-0.1, -0.05) is 0 Å². The minimum absolute atomic E-state index is 0.154. The molecule has 1 unspecified atom stereocenters. The van der Waals surface area contributed by atoms with Crippen LogP contribution in [0.2, 0.25) is 0 Å². The third-order valence-corrected chi connectivity index (χ3v) is 3.58. The van der Waals surface area contributed by atoms with E-state index in [1.807, 2.05) is 17.8 Å². The number of rotatable bonds is 5. The van der Waals surface area contributed by atoms with Crippen molar-refractivity contribution in [2.75, 3.05) is 19.7 Å². The van der Waals surface area contributed by atoms with Gasteiger partial charge in [-0.15, -0.1) is 0 Å². The molecule has 1 aliphatic rings. The maximum atomic E-state index is 12.2. The SMILES string of the molecule is CCn1cc(CC(=O)C2CN(C(C)C)CCO2)cn1. The van der Waals surface area contributed by atoms with Gasteiger partial charge in [0.2, 0.25) is 0 Å². The zero-order chi connectivity index (χ0) is 13.8. The molecule has 0 spiro atoms. The summed E-state index contributed by atoms with van der Waals surface area (Å²) in [5.74, 6) is 0.154. The molecule has 0 aromatic carbocycles. The molecular weight excluding hydrogens is 242 g/mol. The summed E-state index contributed by atoms with van der Waals surface area (Å²) in [4.78, 5) is 14.5. The van der Waals surface area contributed by atoms with E-state index >= 15 is 0 Å². The fraction of sp³-hybridized carbons (Fsp3) is 0.714. The molecule has 1 saturated heterocycles. The number of aryl methyl sites for hydroxylation is 1. The summed E-state index contributed by atoms with van der Waals surface area (Å²) in [5, 5.41) is 4.19. The average Bonchev–Trinajstić information content (AvgIpc) is 2.86. The number of ether oxygens (including phenoxy) is 1. The molecule has 1 aliphatic heterocycles. The summed E-state index contributed by atoms with van der Waals surface area (Å²) in [6.07, 6.45) is 3.82. The monoisotopic (exact) mass is 265 g/mol. The van der Waals surface area contributed by atoms with Crippen molar-refractivity contribution in [1.29, 1.82) is 0 Å². The average molecular weight is 265 g/mol. The molecular formula is C14H23N3O2. The molecule has 0 saturated carbocycles. The van der Waals surface area contributed by atoms with Crippen LogP contribution in [-0.2, 0) is 22.5 Å². The maximum Gasteiger partial charge on any atom is 0.167 e.